The van der Waals surface area contributed by atoms with Crippen LogP contribution in [-0.2, 0) is 28.4 Å². The molecule has 0 aliphatic carbocycles. The van der Waals surface area contributed by atoms with E-state index in [4.69, 9.17) is 34.0 Å². The second-order valence-electron chi connectivity index (χ2n) is 6.61. The molecule has 3 saturated heterocycles. The Kier molecular flexibility index (Phi) is 4.84. The molecule has 24 heavy (non-hydrogen) atoms. The SMILES string of the molecule is CO[C@@H]1[C@H]2OCOC(N=[N+]=[N-])[C@H]2O[C@H](C[C@H]2COC(=O)O2)C1(C)C. The van der Waals surface area contributed by atoms with Crippen molar-refractivity contribution in [3.05, 3.63) is 10.4 Å². The topological polar surface area (TPSA) is 121 Å². The van der Waals surface area contributed by atoms with Crippen molar-refractivity contribution >= 4 is 6.16 Å². The molecular weight excluding hydrogens is 322 g/mol. The summed E-state index contributed by atoms with van der Waals surface area (Å²) in [5.41, 5.74) is 8.31. The van der Waals surface area contributed by atoms with E-state index in [0.29, 0.717) is 6.42 Å². The summed E-state index contributed by atoms with van der Waals surface area (Å²) >= 11 is 0. The summed E-state index contributed by atoms with van der Waals surface area (Å²) in [5.74, 6) is 0. The van der Waals surface area contributed by atoms with E-state index in [0.717, 1.165) is 0 Å². The summed E-state index contributed by atoms with van der Waals surface area (Å²) in [4.78, 5) is 13.9. The highest BCUT2D eigenvalue weighted by molar-refractivity contribution is 5.61. The lowest BCUT2D eigenvalue weighted by Crippen LogP contribution is -2.65. The van der Waals surface area contributed by atoms with Crippen LogP contribution in [0.2, 0.25) is 0 Å². The van der Waals surface area contributed by atoms with Crippen LogP contribution in [0, 0.1) is 5.41 Å². The highest BCUT2D eigenvalue weighted by Crippen LogP contribution is 2.44. The van der Waals surface area contributed by atoms with E-state index >= 15 is 0 Å². The minimum atomic E-state index is -0.799. The van der Waals surface area contributed by atoms with Crippen molar-refractivity contribution in [2.45, 2.75) is 57.0 Å². The molecule has 6 atom stereocenters. The van der Waals surface area contributed by atoms with Gasteiger partial charge in [0.05, 0.1) is 12.2 Å². The van der Waals surface area contributed by atoms with Crippen LogP contribution in [0.1, 0.15) is 20.3 Å². The first-order chi connectivity index (χ1) is 11.5. The predicted molar refractivity (Wildman–Crippen MR) is 77.8 cm³/mol. The molecule has 3 aliphatic heterocycles. The van der Waals surface area contributed by atoms with Gasteiger partial charge in [-0.2, -0.15) is 0 Å². The second-order valence-corrected chi connectivity index (χ2v) is 6.61. The Morgan fingerprint density at radius 1 is 1.38 bits per heavy atom. The number of hydrogen-bond acceptors (Lipinski definition) is 8. The molecule has 3 aliphatic rings. The first-order valence-corrected chi connectivity index (χ1v) is 7.76. The van der Waals surface area contributed by atoms with Gasteiger partial charge in [0.1, 0.15) is 31.7 Å². The molecule has 10 nitrogen and oxygen atoms in total. The number of rotatable bonds is 4. The van der Waals surface area contributed by atoms with E-state index in [9.17, 15) is 4.79 Å². The van der Waals surface area contributed by atoms with Crippen LogP contribution in [0.25, 0.3) is 10.4 Å². The average molecular weight is 343 g/mol. The predicted octanol–water partition coefficient (Wildman–Crippen LogP) is 1.73. The van der Waals surface area contributed by atoms with Crippen molar-refractivity contribution in [3.63, 3.8) is 0 Å². The van der Waals surface area contributed by atoms with Crippen molar-refractivity contribution in [3.8, 4) is 0 Å². The van der Waals surface area contributed by atoms with Crippen molar-refractivity contribution in [2.24, 2.45) is 10.5 Å². The maximum atomic E-state index is 11.1. The molecule has 3 fully saturated rings. The molecule has 0 amide bonds. The zero-order valence-electron chi connectivity index (χ0n) is 13.8. The van der Waals surface area contributed by atoms with E-state index in [1.54, 1.807) is 7.11 Å². The third kappa shape index (κ3) is 3.03. The van der Waals surface area contributed by atoms with Gasteiger partial charge in [0.25, 0.3) is 0 Å². The van der Waals surface area contributed by atoms with E-state index < -0.39 is 30.0 Å². The molecule has 0 aromatic carbocycles. The fraction of sp³-hybridized carbons (Fsp3) is 0.929. The molecular formula is C14H21N3O7. The standard InChI is InChI=1S/C14H21N3O7/c1-14(2)8(4-7-5-20-13(18)23-7)24-10-9(11(14)19-3)21-6-22-12(10)16-17-15/h7-12H,4-6H2,1-3H3/t7-,8+,9-,10-,11+,12?/m0/s1. The lowest BCUT2D eigenvalue weighted by atomic mass is 9.72. The first kappa shape index (κ1) is 17.2. The summed E-state index contributed by atoms with van der Waals surface area (Å²) < 4.78 is 32.8. The van der Waals surface area contributed by atoms with Gasteiger partial charge in [-0.05, 0) is 5.53 Å². The summed E-state index contributed by atoms with van der Waals surface area (Å²) in [6.07, 6.45) is -3.09. The van der Waals surface area contributed by atoms with Gasteiger partial charge in [-0.25, -0.2) is 4.79 Å². The zero-order valence-corrected chi connectivity index (χ0v) is 13.8. The summed E-state index contributed by atoms with van der Waals surface area (Å²) in [7, 11) is 1.60. The molecule has 10 heteroatoms. The van der Waals surface area contributed by atoms with Gasteiger partial charge in [-0.1, -0.05) is 19.0 Å². The minimum Gasteiger partial charge on any atom is -0.430 e. The lowest BCUT2D eigenvalue weighted by molar-refractivity contribution is -0.327. The highest BCUT2D eigenvalue weighted by atomic mass is 16.8. The Hall–Kier alpha value is -1.58. The number of nitrogens with zero attached hydrogens (tertiary/aromatic N) is 3. The quantitative estimate of drug-likeness (QED) is 0.330. The lowest BCUT2D eigenvalue weighted by Gasteiger charge is -2.53. The molecule has 1 unspecified atom stereocenters. The van der Waals surface area contributed by atoms with Crippen LogP contribution >= 0.6 is 0 Å². The van der Waals surface area contributed by atoms with Crippen molar-refractivity contribution in [1.82, 2.24) is 0 Å². The number of methoxy groups -OCH3 is 1. The third-order valence-corrected chi connectivity index (χ3v) is 4.83. The number of fused-ring (bicyclic) bond motifs is 1. The molecule has 0 saturated carbocycles. The highest BCUT2D eigenvalue weighted by Gasteiger charge is 2.56. The van der Waals surface area contributed by atoms with Gasteiger partial charge in [-0.15, -0.1) is 0 Å². The van der Waals surface area contributed by atoms with E-state index in [-0.39, 0.29) is 31.7 Å². The number of carbonyl (C=O) groups excluding carboxylic acids is 1. The largest absolute Gasteiger partial charge is 0.508 e. The van der Waals surface area contributed by atoms with Gasteiger partial charge in [0.2, 0.25) is 0 Å². The molecule has 0 bridgehead atoms. The van der Waals surface area contributed by atoms with Crippen LogP contribution in [0.4, 0.5) is 4.79 Å². The fourth-order valence-electron chi connectivity index (χ4n) is 3.58. The number of cyclic esters (lactones) is 2. The van der Waals surface area contributed by atoms with Crippen LogP contribution < -0.4 is 0 Å². The first-order valence-electron chi connectivity index (χ1n) is 7.76. The Morgan fingerprint density at radius 3 is 2.79 bits per heavy atom. The third-order valence-electron chi connectivity index (χ3n) is 4.83. The maximum absolute atomic E-state index is 11.1. The monoisotopic (exact) mass is 343 g/mol. The molecule has 0 aromatic heterocycles. The Balaban J connectivity index is 1.82. The van der Waals surface area contributed by atoms with E-state index in [1.807, 2.05) is 13.8 Å². The van der Waals surface area contributed by atoms with Gasteiger partial charge in [-0.3, -0.25) is 0 Å². The molecule has 134 valence electrons. The van der Waals surface area contributed by atoms with Gasteiger partial charge >= 0.3 is 6.16 Å². The van der Waals surface area contributed by atoms with E-state index in [2.05, 4.69) is 10.0 Å². The zero-order chi connectivity index (χ0) is 17.3. The Morgan fingerprint density at radius 2 is 2.17 bits per heavy atom. The summed E-state index contributed by atoms with van der Waals surface area (Å²) in [5, 5.41) is 3.65. The minimum absolute atomic E-state index is 0.00287. The van der Waals surface area contributed by atoms with Gasteiger partial charge in [0.15, 0.2) is 6.23 Å². The van der Waals surface area contributed by atoms with Gasteiger partial charge < -0.3 is 28.4 Å². The van der Waals surface area contributed by atoms with Crippen molar-refractivity contribution in [2.75, 3.05) is 20.5 Å². The molecule has 0 N–H and O–H groups in total. The molecule has 3 heterocycles. The van der Waals surface area contributed by atoms with Crippen LogP contribution in [0.3, 0.4) is 0 Å². The summed E-state index contributed by atoms with van der Waals surface area (Å²) in [6.45, 7) is 4.19. The molecule has 0 spiro atoms. The molecule has 0 radical (unpaired) electrons. The maximum Gasteiger partial charge on any atom is 0.508 e. The molecule has 3 rings (SSSR count). The van der Waals surface area contributed by atoms with Gasteiger partial charge in [0, 0.05) is 23.9 Å². The Bertz CT molecular complexity index is 536. The molecule has 0 aromatic rings. The summed E-state index contributed by atoms with van der Waals surface area (Å²) in [6, 6.07) is 0. The average Bonchev–Trinajstić information content (AvgIpc) is 2.94. The fourth-order valence-corrected chi connectivity index (χ4v) is 3.58. The number of azide groups is 1. The number of hydrogen-bond donors (Lipinski definition) is 0. The van der Waals surface area contributed by atoms with E-state index in [1.165, 1.54) is 0 Å². The number of carbonyl (C=O) groups is 1. The van der Waals surface area contributed by atoms with Crippen LogP contribution in [-0.4, -0.2) is 63.4 Å². The van der Waals surface area contributed by atoms with Crippen molar-refractivity contribution < 1.29 is 33.2 Å². The number of ether oxygens (including phenoxy) is 6. The van der Waals surface area contributed by atoms with Crippen molar-refractivity contribution in [1.29, 1.82) is 0 Å². The smallest absolute Gasteiger partial charge is 0.430 e. The normalized spacial score (nSPS) is 40.9. The second kappa shape index (κ2) is 6.73. The van der Waals surface area contributed by atoms with Crippen LogP contribution in [0.5, 0.6) is 0 Å². The Labute approximate surface area is 138 Å². The van der Waals surface area contributed by atoms with Crippen LogP contribution in [0.15, 0.2) is 5.11 Å².